The summed E-state index contributed by atoms with van der Waals surface area (Å²) < 4.78 is 49.5. The fraction of sp³-hybridized carbons (Fsp3) is 0.611. The highest BCUT2D eigenvalue weighted by Crippen LogP contribution is 2.57. The molecule has 2 aromatic rings. The van der Waals surface area contributed by atoms with Gasteiger partial charge in [0, 0.05) is 6.92 Å². The molecule has 1 unspecified atom stereocenters. The quantitative estimate of drug-likeness (QED) is 0.126. The zero-order chi connectivity index (χ0) is 30.4. The Hall–Kier alpha value is -2.65. The van der Waals surface area contributed by atoms with Gasteiger partial charge in [0.15, 0.2) is 29.5 Å². The van der Waals surface area contributed by atoms with E-state index in [0.29, 0.717) is 0 Å². The minimum atomic E-state index is -5.46. The molecule has 2 fully saturated rings. The van der Waals surface area contributed by atoms with Gasteiger partial charge in [0.1, 0.15) is 36.6 Å². The fourth-order valence-corrected chi connectivity index (χ4v) is 5.85. The third-order valence-corrected chi connectivity index (χ3v) is 8.13. The number of aliphatic hydroxyl groups excluding tert-OH is 2. The number of aromatic amines is 1. The van der Waals surface area contributed by atoms with E-state index in [2.05, 4.69) is 29.1 Å². The third-order valence-electron chi connectivity index (χ3n) is 5.97. The van der Waals surface area contributed by atoms with Gasteiger partial charge in [-0.05, 0) is 6.92 Å². The number of fused-ring (bicyclic) bond motifs is 1. The van der Waals surface area contributed by atoms with Crippen molar-refractivity contribution < 1.29 is 66.7 Å². The van der Waals surface area contributed by atoms with Crippen molar-refractivity contribution in [1.82, 2.24) is 24.8 Å². The molecule has 4 rings (SSSR count). The number of aliphatic hydroxyl groups is 2. The number of Topliss-reactive ketones (excluding diaryl/α,β-unsaturated/α-hetero) is 1. The number of phosphoric ester groups is 1. The molecule has 9 N–H and O–H groups in total. The van der Waals surface area contributed by atoms with E-state index in [1.807, 2.05) is 0 Å². The summed E-state index contributed by atoms with van der Waals surface area (Å²) in [5.74, 6) is -1.74. The average Bonchev–Trinajstić information content (AvgIpc) is 3.38. The van der Waals surface area contributed by atoms with Crippen molar-refractivity contribution in [2.24, 2.45) is 0 Å². The predicted molar refractivity (Wildman–Crippen MR) is 129 cm³/mol. The van der Waals surface area contributed by atoms with Crippen molar-refractivity contribution in [3.8, 4) is 0 Å². The minimum absolute atomic E-state index is 0.150. The number of imidazole rings is 1. The average molecular weight is 628 g/mol. The molecule has 41 heavy (non-hydrogen) atoms. The number of nitrogens with one attached hydrogen (secondary N) is 2. The maximum absolute atomic E-state index is 12.3. The Morgan fingerprint density at radius 1 is 1.24 bits per heavy atom. The molecule has 2 aliphatic rings. The second-order valence-corrected chi connectivity index (χ2v) is 11.8. The lowest BCUT2D eigenvalue weighted by Gasteiger charge is -2.39. The van der Waals surface area contributed by atoms with Gasteiger partial charge in [-0.1, -0.05) is 0 Å². The molecular formula is C18H26N6O15P2. The summed E-state index contributed by atoms with van der Waals surface area (Å²) in [6, 6.07) is -1.45. The van der Waals surface area contributed by atoms with Crippen molar-refractivity contribution in [3.05, 3.63) is 16.7 Å². The molecule has 0 saturated carbocycles. The summed E-state index contributed by atoms with van der Waals surface area (Å²) >= 11 is 0. The Bertz CT molecular complexity index is 1480. The number of phosphoric acid groups is 2. The third kappa shape index (κ3) is 6.88. The van der Waals surface area contributed by atoms with Crippen LogP contribution in [0.15, 0.2) is 11.1 Å². The lowest BCUT2D eigenvalue weighted by Crippen LogP contribution is -2.62. The minimum Gasteiger partial charge on any atom is -0.387 e. The van der Waals surface area contributed by atoms with E-state index in [1.165, 1.54) is 6.92 Å². The van der Waals surface area contributed by atoms with Gasteiger partial charge >= 0.3 is 15.6 Å². The van der Waals surface area contributed by atoms with Crippen LogP contribution in [0.5, 0.6) is 0 Å². The molecule has 21 nitrogen and oxygen atoms in total. The molecule has 9 atom stereocenters. The van der Waals surface area contributed by atoms with E-state index in [4.69, 9.17) is 29.7 Å². The summed E-state index contributed by atoms with van der Waals surface area (Å²) in [5, 5.41) is 23.9. The lowest BCUT2D eigenvalue weighted by atomic mass is 9.99. The van der Waals surface area contributed by atoms with E-state index in [1.54, 1.807) is 0 Å². The van der Waals surface area contributed by atoms with Crippen molar-refractivity contribution in [2.45, 2.75) is 62.9 Å². The molecule has 228 valence electrons. The first-order valence-corrected chi connectivity index (χ1v) is 14.6. The number of ketones is 1. The zero-order valence-electron chi connectivity index (χ0n) is 21.0. The molecule has 2 saturated heterocycles. The molecule has 2 aromatic heterocycles. The number of hydrogen-bond acceptors (Lipinski definition) is 15. The summed E-state index contributed by atoms with van der Waals surface area (Å²) in [5.41, 5.74) is 4.56. The number of carbonyl (C=O) groups excluding carboxylic acids is 2. The Morgan fingerprint density at radius 2 is 1.93 bits per heavy atom. The smallest absolute Gasteiger partial charge is 0.387 e. The molecule has 0 radical (unpaired) electrons. The van der Waals surface area contributed by atoms with Crippen molar-refractivity contribution >= 4 is 44.4 Å². The van der Waals surface area contributed by atoms with Gasteiger partial charge < -0.3 is 50.2 Å². The molecule has 2 aliphatic heterocycles. The number of anilines is 1. The van der Waals surface area contributed by atoms with Crippen LogP contribution in [0, 0.1) is 0 Å². The standard InChI is InChI=1S/C18H26N6O15P2/c1-5-10(26)12(28)8(21-6(2)25)17(36-5)38-13-11(27)7(3-35-41(33,34)39-40(30,31)32)37-16(13)24-4-20-9-14(24)22-18(19)23-15(9)29/h4-5,7-8,11-13,16-17,27-28H,3H2,1-2H3,(H,21,25)(H,33,34)(H2,30,31,32)(H3,19,22,23,29)/t5-,7-,8+,11-,12-,13-,16-,17-/m1/s1. The number of nitrogens with two attached hydrogens (primary N) is 1. The maximum atomic E-state index is 12.3. The molecule has 0 spiro atoms. The molecular weight excluding hydrogens is 602 g/mol. The van der Waals surface area contributed by atoms with Crippen molar-refractivity contribution in [2.75, 3.05) is 12.3 Å². The van der Waals surface area contributed by atoms with E-state index >= 15 is 0 Å². The second-order valence-electron chi connectivity index (χ2n) is 8.99. The Kier molecular flexibility index (Phi) is 8.82. The number of nitrogens with zero attached hydrogens (tertiary/aromatic N) is 3. The largest absolute Gasteiger partial charge is 0.481 e. The Morgan fingerprint density at radius 3 is 2.56 bits per heavy atom. The van der Waals surface area contributed by atoms with E-state index in [-0.39, 0.29) is 17.1 Å². The van der Waals surface area contributed by atoms with E-state index in [0.717, 1.165) is 17.8 Å². The Labute approximate surface area is 228 Å². The van der Waals surface area contributed by atoms with Crippen molar-refractivity contribution in [1.29, 1.82) is 0 Å². The van der Waals surface area contributed by atoms with Crippen LogP contribution in [0.3, 0.4) is 0 Å². The molecule has 0 bridgehead atoms. The SMILES string of the molecule is CC(=O)N[C@@H]1[C@@H](O[C@@H]2[C@H](O)[C@@H](COP(=O)(O)OP(=O)(O)O)O[C@H]2n2cnc3c(=O)[nH]c(N)nc32)O[C@H](C)C(=O)[C@@H]1O. The number of aromatic nitrogens is 4. The lowest BCUT2D eigenvalue weighted by molar-refractivity contribution is -0.251. The van der Waals surface area contributed by atoms with Crippen LogP contribution in [-0.2, 0) is 41.8 Å². The van der Waals surface area contributed by atoms with Gasteiger partial charge in [-0.15, -0.1) is 0 Å². The number of hydrogen-bond donors (Lipinski definition) is 8. The number of H-pyrrole nitrogens is 1. The van der Waals surface area contributed by atoms with Gasteiger partial charge in [0.25, 0.3) is 5.56 Å². The van der Waals surface area contributed by atoms with Crippen LogP contribution < -0.4 is 16.6 Å². The highest BCUT2D eigenvalue weighted by Gasteiger charge is 2.52. The van der Waals surface area contributed by atoms with Gasteiger partial charge in [0.05, 0.1) is 12.9 Å². The number of rotatable bonds is 9. The number of carbonyl (C=O) groups is 2. The summed E-state index contributed by atoms with van der Waals surface area (Å²) in [7, 11) is -10.8. The van der Waals surface area contributed by atoms with E-state index in [9.17, 15) is 38.6 Å². The van der Waals surface area contributed by atoms with Crippen LogP contribution in [0.1, 0.15) is 20.1 Å². The van der Waals surface area contributed by atoms with Crippen LogP contribution >= 0.6 is 15.6 Å². The van der Waals surface area contributed by atoms with Crippen molar-refractivity contribution in [3.63, 3.8) is 0 Å². The summed E-state index contributed by atoms with van der Waals surface area (Å²) in [6.45, 7) is 1.42. The van der Waals surface area contributed by atoms with Crippen LogP contribution in [0.25, 0.3) is 11.2 Å². The topological polar surface area (TPSA) is 317 Å². The van der Waals surface area contributed by atoms with Gasteiger partial charge in [-0.2, -0.15) is 9.29 Å². The molecule has 0 aromatic carbocycles. The van der Waals surface area contributed by atoms with Gasteiger partial charge in [-0.3, -0.25) is 28.5 Å². The maximum Gasteiger partial charge on any atom is 0.481 e. The highest BCUT2D eigenvalue weighted by atomic mass is 31.3. The van der Waals surface area contributed by atoms with Gasteiger partial charge in [0.2, 0.25) is 11.9 Å². The predicted octanol–water partition coefficient (Wildman–Crippen LogP) is -3.25. The summed E-state index contributed by atoms with van der Waals surface area (Å²) in [4.78, 5) is 73.8. The first-order valence-electron chi connectivity index (χ1n) is 11.6. The number of amides is 1. The molecule has 1 amide bonds. The van der Waals surface area contributed by atoms with Crippen LogP contribution in [0.2, 0.25) is 0 Å². The molecule has 4 heterocycles. The second kappa shape index (κ2) is 11.6. The zero-order valence-corrected chi connectivity index (χ0v) is 22.8. The van der Waals surface area contributed by atoms with Gasteiger partial charge in [-0.25, -0.2) is 14.1 Å². The fourth-order valence-electron chi connectivity index (χ4n) is 4.25. The first kappa shape index (κ1) is 31.3. The van der Waals surface area contributed by atoms with Crippen LogP contribution in [0.4, 0.5) is 5.95 Å². The normalized spacial score (nSPS) is 32.2. The highest BCUT2D eigenvalue weighted by molar-refractivity contribution is 7.60. The van der Waals surface area contributed by atoms with Crippen LogP contribution in [-0.4, -0.2) is 106 Å². The van der Waals surface area contributed by atoms with E-state index < -0.39 is 88.6 Å². The summed E-state index contributed by atoms with van der Waals surface area (Å²) in [6.07, 6.45) is -9.91. The first-order chi connectivity index (χ1) is 19.0. The molecule has 0 aliphatic carbocycles. The Balaban J connectivity index is 1.69. The monoisotopic (exact) mass is 628 g/mol. The molecule has 23 heteroatoms. The number of nitrogen functional groups attached to an aromatic ring is 1. The number of ether oxygens (including phenoxy) is 3.